The zero-order valence-electron chi connectivity index (χ0n) is 12.6. The maximum Gasteiger partial charge on any atom is 0.315 e. The first kappa shape index (κ1) is 14.8. The fourth-order valence-electron chi connectivity index (χ4n) is 4.96. The number of nitrogens with two attached hydrogens (primary N) is 1. The van der Waals surface area contributed by atoms with Gasteiger partial charge in [0.1, 0.15) is 12.0 Å². The van der Waals surface area contributed by atoms with Crippen LogP contribution in [0.25, 0.3) is 0 Å². The summed E-state index contributed by atoms with van der Waals surface area (Å²) >= 11 is 0. The maximum atomic E-state index is 12.1. The summed E-state index contributed by atoms with van der Waals surface area (Å²) in [6, 6.07) is 0. The van der Waals surface area contributed by atoms with Crippen molar-refractivity contribution < 1.29 is 14.3 Å². The lowest BCUT2D eigenvalue weighted by molar-refractivity contribution is -0.186. The van der Waals surface area contributed by atoms with Gasteiger partial charge in [-0.1, -0.05) is 0 Å². The highest BCUT2D eigenvalue weighted by atomic mass is 16.6. The molecule has 1 amide bonds. The first-order valence-corrected chi connectivity index (χ1v) is 8.27. The van der Waals surface area contributed by atoms with Crippen LogP contribution in [0, 0.1) is 17.8 Å². The third kappa shape index (κ3) is 3.39. The summed E-state index contributed by atoms with van der Waals surface area (Å²) in [7, 11) is 0. The van der Waals surface area contributed by atoms with Crippen LogP contribution in [0.4, 0.5) is 0 Å². The van der Waals surface area contributed by atoms with E-state index in [2.05, 4.69) is 5.32 Å². The third-order valence-corrected chi connectivity index (χ3v) is 5.32. The number of ether oxygens (including phenoxy) is 1. The first-order chi connectivity index (χ1) is 10.1. The lowest BCUT2D eigenvalue weighted by Gasteiger charge is -2.55. The van der Waals surface area contributed by atoms with E-state index in [0.717, 1.165) is 43.4 Å². The molecule has 5 heteroatoms. The minimum Gasteiger partial charge on any atom is -0.459 e. The highest BCUT2D eigenvalue weighted by Crippen LogP contribution is 2.57. The van der Waals surface area contributed by atoms with Crippen molar-refractivity contribution in [1.82, 2.24) is 5.32 Å². The molecule has 0 spiro atoms. The molecule has 4 rings (SSSR count). The summed E-state index contributed by atoms with van der Waals surface area (Å²) in [5, 5.41) is 2.70. The van der Waals surface area contributed by atoms with Gasteiger partial charge in [0.05, 0.1) is 0 Å². The van der Waals surface area contributed by atoms with Crippen molar-refractivity contribution in [3.05, 3.63) is 0 Å². The van der Waals surface area contributed by atoms with Gasteiger partial charge < -0.3 is 15.8 Å². The molecule has 0 aromatic rings. The van der Waals surface area contributed by atoms with Crippen molar-refractivity contribution in [3.8, 4) is 0 Å². The van der Waals surface area contributed by atoms with E-state index in [4.69, 9.17) is 10.5 Å². The van der Waals surface area contributed by atoms with Gasteiger partial charge in [-0.2, -0.15) is 0 Å². The number of esters is 1. The fourth-order valence-corrected chi connectivity index (χ4v) is 4.96. The van der Waals surface area contributed by atoms with Crippen LogP contribution in [0.3, 0.4) is 0 Å². The van der Waals surface area contributed by atoms with Gasteiger partial charge in [0.25, 0.3) is 0 Å². The van der Waals surface area contributed by atoms with Crippen molar-refractivity contribution in [2.45, 2.75) is 57.0 Å². The van der Waals surface area contributed by atoms with Crippen LogP contribution in [0.15, 0.2) is 0 Å². The van der Waals surface area contributed by atoms with Gasteiger partial charge in [0, 0.05) is 6.54 Å². The Morgan fingerprint density at radius 3 is 2.19 bits per heavy atom. The van der Waals surface area contributed by atoms with Gasteiger partial charge in [0.2, 0.25) is 5.91 Å². The Balaban J connectivity index is 1.49. The topological polar surface area (TPSA) is 81.4 Å². The minimum absolute atomic E-state index is 0.160. The molecule has 4 bridgehead atoms. The molecule has 0 radical (unpaired) electrons. The van der Waals surface area contributed by atoms with E-state index in [0.29, 0.717) is 13.1 Å². The van der Waals surface area contributed by atoms with Crippen LogP contribution >= 0.6 is 0 Å². The molecule has 0 aliphatic heterocycles. The van der Waals surface area contributed by atoms with Crippen LogP contribution in [-0.2, 0) is 14.3 Å². The van der Waals surface area contributed by atoms with Gasteiger partial charge in [-0.25, -0.2) is 0 Å². The van der Waals surface area contributed by atoms with E-state index in [-0.39, 0.29) is 23.9 Å². The standard InChI is InChI=1S/C16H26N2O3/c17-2-1-3-18-14(19)7-15(20)21-16-8-11-4-12(9-16)6-13(5-11)10-16/h11-13H,1-10,17H2,(H,18,19). The quantitative estimate of drug-likeness (QED) is 0.440. The second kappa shape index (κ2) is 5.95. The van der Waals surface area contributed by atoms with E-state index < -0.39 is 0 Å². The molecule has 0 aromatic carbocycles. The van der Waals surface area contributed by atoms with Crippen LogP contribution in [-0.4, -0.2) is 30.6 Å². The number of rotatable bonds is 6. The van der Waals surface area contributed by atoms with Crippen molar-refractivity contribution >= 4 is 11.9 Å². The molecule has 118 valence electrons. The second-order valence-corrected chi connectivity index (χ2v) is 7.24. The molecule has 4 aliphatic carbocycles. The van der Waals surface area contributed by atoms with Crippen molar-refractivity contribution in [3.63, 3.8) is 0 Å². The Hall–Kier alpha value is -1.10. The number of carbonyl (C=O) groups is 2. The minimum atomic E-state index is -0.359. The monoisotopic (exact) mass is 294 g/mol. The Morgan fingerprint density at radius 2 is 1.67 bits per heavy atom. The maximum absolute atomic E-state index is 12.1. The number of carbonyl (C=O) groups excluding carboxylic acids is 2. The van der Waals surface area contributed by atoms with Gasteiger partial charge in [-0.15, -0.1) is 0 Å². The number of amides is 1. The van der Waals surface area contributed by atoms with Crippen molar-refractivity contribution in [2.75, 3.05) is 13.1 Å². The molecule has 4 fully saturated rings. The zero-order chi connectivity index (χ0) is 14.9. The molecule has 5 nitrogen and oxygen atoms in total. The molecular formula is C16H26N2O3. The predicted molar refractivity (Wildman–Crippen MR) is 78.3 cm³/mol. The van der Waals surface area contributed by atoms with E-state index in [9.17, 15) is 9.59 Å². The molecule has 0 heterocycles. The Labute approximate surface area is 126 Å². The second-order valence-electron chi connectivity index (χ2n) is 7.24. The van der Waals surface area contributed by atoms with Crippen LogP contribution < -0.4 is 11.1 Å². The summed E-state index contributed by atoms with van der Waals surface area (Å²) in [6.07, 6.45) is 7.56. The predicted octanol–water partition coefficient (Wildman–Crippen LogP) is 1.35. The molecule has 0 saturated heterocycles. The lowest BCUT2D eigenvalue weighted by Crippen LogP contribution is -2.53. The van der Waals surface area contributed by atoms with Crippen LogP contribution in [0.2, 0.25) is 0 Å². The molecule has 21 heavy (non-hydrogen) atoms. The average molecular weight is 294 g/mol. The van der Waals surface area contributed by atoms with Crippen molar-refractivity contribution in [1.29, 1.82) is 0 Å². The smallest absolute Gasteiger partial charge is 0.315 e. The number of nitrogens with one attached hydrogen (secondary N) is 1. The molecule has 0 atom stereocenters. The SMILES string of the molecule is NCCCNC(=O)CC(=O)OC12CC3CC(CC(C3)C1)C2. The number of hydrogen-bond acceptors (Lipinski definition) is 4. The van der Waals surface area contributed by atoms with Gasteiger partial charge >= 0.3 is 5.97 Å². The first-order valence-electron chi connectivity index (χ1n) is 8.27. The third-order valence-electron chi connectivity index (χ3n) is 5.32. The molecule has 0 aromatic heterocycles. The van der Waals surface area contributed by atoms with E-state index >= 15 is 0 Å². The lowest BCUT2D eigenvalue weighted by atomic mass is 9.54. The highest BCUT2D eigenvalue weighted by molar-refractivity contribution is 5.94. The van der Waals surface area contributed by atoms with E-state index in [1.165, 1.54) is 19.3 Å². The Morgan fingerprint density at radius 1 is 1.10 bits per heavy atom. The summed E-state index contributed by atoms with van der Waals surface area (Å²) in [5.74, 6) is 1.60. The normalized spacial score (nSPS) is 36.5. The average Bonchev–Trinajstić information content (AvgIpc) is 2.36. The van der Waals surface area contributed by atoms with Gasteiger partial charge in [-0.3, -0.25) is 9.59 Å². The van der Waals surface area contributed by atoms with Crippen molar-refractivity contribution in [2.24, 2.45) is 23.5 Å². The summed E-state index contributed by atoms with van der Waals surface area (Å²) in [4.78, 5) is 23.7. The highest BCUT2D eigenvalue weighted by Gasteiger charge is 2.53. The zero-order valence-corrected chi connectivity index (χ0v) is 12.6. The Kier molecular flexibility index (Phi) is 4.20. The van der Waals surface area contributed by atoms with Gasteiger partial charge in [-0.05, 0) is 69.2 Å². The molecule has 4 saturated carbocycles. The summed E-state index contributed by atoms with van der Waals surface area (Å²) in [5.41, 5.74) is 5.12. The Bertz CT molecular complexity index is 386. The van der Waals surface area contributed by atoms with Crippen LogP contribution in [0.5, 0.6) is 0 Å². The van der Waals surface area contributed by atoms with E-state index in [1.807, 2.05) is 0 Å². The molecule has 3 N–H and O–H groups in total. The summed E-state index contributed by atoms with van der Waals surface area (Å²) in [6.45, 7) is 1.07. The molecule has 4 aliphatic rings. The number of hydrogen-bond donors (Lipinski definition) is 2. The molecular weight excluding hydrogens is 268 g/mol. The fraction of sp³-hybridized carbons (Fsp3) is 0.875. The van der Waals surface area contributed by atoms with Gasteiger partial charge in [0.15, 0.2) is 0 Å². The van der Waals surface area contributed by atoms with Crippen LogP contribution in [0.1, 0.15) is 51.4 Å². The largest absolute Gasteiger partial charge is 0.459 e. The molecule has 0 unspecified atom stereocenters. The van der Waals surface area contributed by atoms with E-state index in [1.54, 1.807) is 0 Å². The summed E-state index contributed by atoms with van der Waals surface area (Å²) < 4.78 is 5.80.